The molecule has 2 aromatic rings. The van der Waals surface area contributed by atoms with Crippen LogP contribution in [-0.2, 0) is 5.60 Å². The van der Waals surface area contributed by atoms with Crippen molar-refractivity contribution >= 4 is 0 Å². The Kier molecular flexibility index (Phi) is 3.83. The lowest BCUT2D eigenvalue weighted by atomic mass is 9.66. The Bertz CT molecular complexity index is 532. The molecule has 2 aromatic carbocycles. The van der Waals surface area contributed by atoms with Gasteiger partial charge in [-0.1, -0.05) is 79.9 Å². The summed E-state index contributed by atoms with van der Waals surface area (Å²) in [6.45, 7) is 0. The summed E-state index contributed by atoms with van der Waals surface area (Å²) in [6.07, 6.45) is 4.31. The standard InChI is InChI=1S/C19H22O2/c20-18(14-8-3-9-15-18)19(21,16-10-4-1-5-11-16)17-12-6-2-7-13-17/h1-2,4-7,10-13,20-21H,3,8-9,14-15H2. The van der Waals surface area contributed by atoms with Crippen LogP contribution in [0.5, 0.6) is 0 Å². The zero-order chi connectivity index (χ0) is 14.8. The van der Waals surface area contributed by atoms with Crippen LogP contribution in [0.4, 0.5) is 0 Å². The topological polar surface area (TPSA) is 40.5 Å². The lowest BCUT2D eigenvalue weighted by Gasteiger charge is -2.46. The second-order valence-electron chi connectivity index (χ2n) is 6.03. The van der Waals surface area contributed by atoms with Crippen molar-refractivity contribution in [1.29, 1.82) is 0 Å². The van der Waals surface area contributed by atoms with Crippen molar-refractivity contribution < 1.29 is 10.2 Å². The van der Waals surface area contributed by atoms with Gasteiger partial charge in [-0.05, 0) is 24.0 Å². The fourth-order valence-electron chi connectivity index (χ4n) is 3.56. The molecular formula is C19H22O2. The maximum Gasteiger partial charge on any atom is 0.143 e. The van der Waals surface area contributed by atoms with E-state index in [0.29, 0.717) is 12.8 Å². The van der Waals surface area contributed by atoms with Gasteiger partial charge < -0.3 is 10.2 Å². The first-order chi connectivity index (χ1) is 10.2. The first-order valence-corrected chi connectivity index (χ1v) is 7.73. The number of hydrogen-bond donors (Lipinski definition) is 2. The fourth-order valence-corrected chi connectivity index (χ4v) is 3.56. The van der Waals surface area contributed by atoms with Gasteiger partial charge in [0.1, 0.15) is 11.2 Å². The van der Waals surface area contributed by atoms with Crippen LogP contribution in [0.2, 0.25) is 0 Å². The molecule has 1 saturated carbocycles. The van der Waals surface area contributed by atoms with Crippen LogP contribution in [0.25, 0.3) is 0 Å². The van der Waals surface area contributed by atoms with Gasteiger partial charge >= 0.3 is 0 Å². The third kappa shape index (κ3) is 2.39. The molecular weight excluding hydrogens is 260 g/mol. The monoisotopic (exact) mass is 282 g/mol. The molecule has 1 aliphatic carbocycles. The molecule has 0 bridgehead atoms. The second-order valence-corrected chi connectivity index (χ2v) is 6.03. The van der Waals surface area contributed by atoms with E-state index >= 15 is 0 Å². The van der Waals surface area contributed by atoms with Crippen molar-refractivity contribution in [3.8, 4) is 0 Å². The summed E-state index contributed by atoms with van der Waals surface area (Å²) in [5.41, 5.74) is -0.926. The van der Waals surface area contributed by atoms with Gasteiger partial charge in [0.05, 0.1) is 0 Å². The number of hydrogen-bond acceptors (Lipinski definition) is 2. The van der Waals surface area contributed by atoms with Crippen LogP contribution in [0.15, 0.2) is 60.7 Å². The summed E-state index contributed by atoms with van der Waals surface area (Å²) in [5.74, 6) is 0. The van der Waals surface area contributed by atoms with Crippen LogP contribution >= 0.6 is 0 Å². The molecule has 0 radical (unpaired) electrons. The van der Waals surface area contributed by atoms with Crippen LogP contribution in [0.3, 0.4) is 0 Å². The van der Waals surface area contributed by atoms with Crippen LogP contribution in [0, 0.1) is 0 Å². The highest BCUT2D eigenvalue weighted by molar-refractivity contribution is 5.40. The first kappa shape index (κ1) is 14.3. The minimum Gasteiger partial charge on any atom is -0.386 e. The Morgan fingerprint density at radius 2 is 1.14 bits per heavy atom. The van der Waals surface area contributed by atoms with Crippen LogP contribution in [-0.4, -0.2) is 15.8 Å². The highest BCUT2D eigenvalue weighted by atomic mass is 16.4. The Morgan fingerprint density at radius 1 is 0.714 bits per heavy atom. The van der Waals surface area contributed by atoms with E-state index in [1.807, 2.05) is 60.7 Å². The van der Waals surface area contributed by atoms with E-state index in [2.05, 4.69) is 0 Å². The van der Waals surface area contributed by atoms with Gasteiger partial charge in [-0.15, -0.1) is 0 Å². The SMILES string of the molecule is OC1(C(O)(c2ccccc2)c2ccccc2)CCCCC1. The summed E-state index contributed by atoms with van der Waals surface area (Å²) in [6, 6.07) is 19.1. The van der Waals surface area contributed by atoms with Gasteiger partial charge in [0, 0.05) is 0 Å². The number of rotatable bonds is 3. The molecule has 110 valence electrons. The Morgan fingerprint density at radius 3 is 1.57 bits per heavy atom. The zero-order valence-electron chi connectivity index (χ0n) is 12.2. The molecule has 0 amide bonds. The van der Waals surface area contributed by atoms with Gasteiger partial charge in [-0.3, -0.25) is 0 Å². The van der Waals surface area contributed by atoms with E-state index in [0.717, 1.165) is 30.4 Å². The smallest absolute Gasteiger partial charge is 0.143 e. The third-order valence-corrected chi connectivity index (χ3v) is 4.74. The third-order valence-electron chi connectivity index (χ3n) is 4.74. The minimum atomic E-state index is -1.35. The average Bonchev–Trinajstić information content (AvgIpc) is 2.56. The molecule has 2 nitrogen and oxygen atoms in total. The van der Waals surface area contributed by atoms with Crippen LogP contribution in [0.1, 0.15) is 43.2 Å². The highest BCUT2D eigenvalue weighted by Crippen LogP contribution is 2.46. The van der Waals surface area contributed by atoms with Gasteiger partial charge in [-0.2, -0.15) is 0 Å². The maximum atomic E-state index is 11.6. The lowest BCUT2D eigenvalue weighted by molar-refractivity contribution is -0.151. The lowest BCUT2D eigenvalue weighted by Crippen LogP contribution is -2.53. The number of benzene rings is 2. The molecule has 0 atom stereocenters. The van der Waals surface area contributed by atoms with E-state index in [4.69, 9.17) is 0 Å². The van der Waals surface area contributed by atoms with Crippen molar-refractivity contribution in [2.75, 3.05) is 0 Å². The zero-order valence-corrected chi connectivity index (χ0v) is 12.2. The van der Waals surface area contributed by atoms with Gasteiger partial charge in [0.2, 0.25) is 0 Å². The quantitative estimate of drug-likeness (QED) is 0.902. The summed E-state index contributed by atoms with van der Waals surface area (Å²) in [4.78, 5) is 0. The second kappa shape index (κ2) is 5.63. The molecule has 1 fully saturated rings. The molecule has 2 heteroatoms. The Hall–Kier alpha value is -1.64. The molecule has 0 heterocycles. The molecule has 3 rings (SSSR count). The summed E-state index contributed by atoms with van der Waals surface area (Å²) < 4.78 is 0. The fraction of sp³-hybridized carbons (Fsp3) is 0.368. The van der Waals surface area contributed by atoms with E-state index < -0.39 is 11.2 Å². The van der Waals surface area contributed by atoms with Crippen molar-refractivity contribution in [2.24, 2.45) is 0 Å². The predicted octanol–water partition coefficient (Wildman–Crippen LogP) is 3.62. The minimum absolute atomic E-state index is 0.632. The van der Waals surface area contributed by atoms with Gasteiger partial charge in [0.15, 0.2) is 0 Å². The number of aliphatic hydroxyl groups is 2. The molecule has 0 spiro atoms. The Labute approximate surface area is 126 Å². The highest BCUT2D eigenvalue weighted by Gasteiger charge is 2.51. The normalized spacial score (nSPS) is 18.4. The molecule has 1 aliphatic rings. The van der Waals surface area contributed by atoms with E-state index in [1.54, 1.807) is 0 Å². The molecule has 0 aliphatic heterocycles. The maximum absolute atomic E-state index is 11.6. The molecule has 0 saturated heterocycles. The average molecular weight is 282 g/mol. The summed E-state index contributed by atoms with van der Waals surface area (Å²) in [7, 11) is 0. The largest absolute Gasteiger partial charge is 0.386 e. The first-order valence-electron chi connectivity index (χ1n) is 7.73. The Balaban J connectivity index is 2.15. The van der Waals surface area contributed by atoms with E-state index in [9.17, 15) is 10.2 Å². The van der Waals surface area contributed by atoms with Crippen molar-refractivity contribution in [1.82, 2.24) is 0 Å². The summed E-state index contributed by atoms with van der Waals surface area (Å²) in [5, 5.41) is 22.8. The molecule has 21 heavy (non-hydrogen) atoms. The van der Waals surface area contributed by atoms with Crippen molar-refractivity contribution in [3.63, 3.8) is 0 Å². The van der Waals surface area contributed by atoms with Crippen molar-refractivity contribution in [3.05, 3.63) is 71.8 Å². The predicted molar refractivity (Wildman–Crippen MR) is 83.9 cm³/mol. The van der Waals surface area contributed by atoms with Gasteiger partial charge in [-0.25, -0.2) is 0 Å². The van der Waals surface area contributed by atoms with Crippen molar-refractivity contribution in [2.45, 2.75) is 43.3 Å². The van der Waals surface area contributed by atoms with Crippen LogP contribution < -0.4 is 0 Å². The van der Waals surface area contributed by atoms with E-state index in [-0.39, 0.29) is 0 Å². The van der Waals surface area contributed by atoms with E-state index in [1.165, 1.54) is 0 Å². The molecule has 0 aromatic heterocycles. The molecule has 2 N–H and O–H groups in total. The molecule has 0 unspecified atom stereocenters. The summed E-state index contributed by atoms with van der Waals surface area (Å²) >= 11 is 0. The van der Waals surface area contributed by atoms with Gasteiger partial charge in [0.25, 0.3) is 0 Å².